The summed E-state index contributed by atoms with van der Waals surface area (Å²) in [7, 11) is -0.668. The fraction of sp³-hybridized carbons (Fsp3) is 0.486. The van der Waals surface area contributed by atoms with Gasteiger partial charge in [0, 0.05) is 36.8 Å². The van der Waals surface area contributed by atoms with Crippen LogP contribution in [0.1, 0.15) is 67.9 Å². The molecular weight excluding hydrogens is 678 g/mol. The van der Waals surface area contributed by atoms with E-state index < -0.39 is 33.4 Å². The quantitative estimate of drug-likeness (QED) is 0.324. The van der Waals surface area contributed by atoms with Gasteiger partial charge in [-0.1, -0.05) is 36.7 Å². The molecule has 2 heterocycles. The molecule has 2 N–H and O–H groups in total. The van der Waals surface area contributed by atoms with Gasteiger partial charge >= 0.3 is 0 Å². The maximum Gasteiger partial charge on any atom is 0.287 e. The number of fused-ring (bicyclic) bond motifs is 4. The van der Waals surface area contributed by atoms with Gasteiger partial charge in [0.15, 0.2) is 9.92 Å². The summed E-state index contributed by atoms with van der Waals surface area (Å²) in [5.74, 6) is -0.786. The van der Waals surface area contributed by atoms with Gasteiger partial charge in [-0.2, -0.15) is 5.10 Å². The van der Waals surface area contributed by atoms with Crippen molar-refractivity contribution in [3.8, 4) is 5.75 Å². The van der Waals surface area contributed by atoms with Gasteiger partial charge in [0.25, 0.3) is 11.8 Å². The molecule has 1 aromatic heterocycles. The van der Waals surface area contributed by atoms with Gasteiger partial charge in [0.05, 0.1) is 42.2 Å². The lowest BCUT2D eigenvalue weighted by Gasteiger charge is -2.46. The van der Waals surface area contributed by atoms with Crippen molar-refractivity contribution in [3.05, 3.63) is 82.7 Å². The van der Waals surface area contributed by atoms with Crippen molar-refractivity contribution in [2.24, 2.45) is 23.2 Å². The Morgan fingerprint density at radius 1 is 1.20 bits per heavy atom. The molecule has 2 aliphatic carbocycles. The second-order valence-electron chi connectivity index (χ2n) is 14.4. The van der Waals surface area contributed by atoms with Crippen LogP contribution in [0.4, 0.5) is 5.69 Å². The molecule has 268 valence electrons. The van der Waals surface area contributed by atoms with E-state index in [4.69, 9.17) is 21.1 Å². The Balaban J connectivity index is 1.51. The molecule has 1 unspecified atom stereocenters. The average Bonchev–Trinajstić information content (AvgIpc) is 3.50. The van der Waals surface area contributed by atoms with Gasteiger partial charge in [-0.05, 0) is 99.2 Å². The fourth-order valence-corrected chi connectivity index (χ4v) is 9.19. The van der Waals surface area contributed by atoms with Crippen molar-refractivity contribution in [3.63, 3.8) is 0 Å². The molecule has 13 heteroatoms. The molecule has 3 aromatic rings. The minimum atomic E-state index is -3.92. The molecular formula is C37H46ClN5O6S. The number of hydrogen-bond acceptors (Lipinski definition) is 8. The van der Waals surface area contributed by atoms with Crippen molar-refractivity contribution in [2.75, 3.05) is 31.7 Å². The summed E-state index contributed by atoms with van der Waals surface area (Å²) in [4.78, 5) is 29.6. The van der Waals surface area contributed by atoms with Crippen LogP contribution < -0.4 is 14.4 Å². The van der Waals surface area contributed by atoms with Crippen molar-refractivity contribution in [1.29, 1.82) is 0 Å². The Bertz CT molecular complexity index is 1930. The van der Waals surface area contributed by atoms with E-state index in [2.05, 4.69) is 38.1 Å². The van der Waals surface area contributed by atoms with E-state index in [0.717, 1.165) is 32.1 Å². The summed E-state index contributed by atoms with van der Waals surface area (Å²) in [6, 6.07) is 11.1. The third-order valence-electron chi connectivity index (χ3n) is 10.4. The number of carbonyl (C=O) groups excluding carboxylic acids is 2. The number of nitrogens with one attached hydrogen (secondary N) is 1. The number of carbonyl (C=O) groups is 2. The van der Waals surface area contributed by atoms with Gasteiger partial charge in [0.2, 0.25) is 0 Å². The average molecular weight is 724 g/mol. The number of halogens is 1. The highest BCUT2D eigenvalue weighted by molar-refractivity contribution is 7.92. The molecule has 0 spiro atoms. The minimum absolute atomic E-state index is 0.0220. The lowest BCUT2D eigenvalue weighted by molar-refractivity contribution is -0.137. The standard InChI is InChI=1S/C37H46ClN5O6S/c1-36(2)35(46)41-50(47,40-34(45)26-20-39-42(4)21-26)28-12-15-33(48-5)31(19-28)43(22-25-10-13-29(25)32(44)9-7-17-49-36)23-37(3)16-6-8-24-18-27(38)11-14-30(24)37/h7,9,11-12,14-15,18-21,25,29,32,44H,6,8,10,13,16-17,22-23H2,1-5H3,(H,40,41,45,46,47)/b9-7+/t25-,29+,32-,37-,50?/m0/s1. The second kappa shape index (κ2) is 14.1. The number of anilines is 1. The smallest absolute Gasteiger partial charge is 0.287 e. The first-order valence-corrected chi connectivity index (χ1v) is 18.9. The number of benzene rings is 2. The number of methoxy groups -OCH3 is 1. The number of hydrogen-bond donors (Lipinski definition) is 2. The molecule has 2 aromatic carbocycles. The van der Waals surface area contributed by atoms with E-state index in [1.807, 2.05) is 6.07 Å². The number of aromatic nitrogens is 2. The fourth-order valence-electron chi connectivity index (χ4n) is 7.38. The van der Waals surface area contributed by atoms with E-state index in [-0.39, 0.29) is 34.3 Å². The van der Waals surface area contributed by atoms with Crippen LogP contribution in [-0.2, 0) is 38.3 Å². The summed E-state index contributed by atoms with van der Waals surface area (Å²) in [5, 5.41) is 16.0. The topological polar surface area (TPSA) is 135 Å². The van der Waals surface area contributed by atoms with Crippen LogP contribution in [0, 0.1) is 11.8 Å². The molecule has 1 fully saturated rings. The Labute approximate surface area is 299 Å². The Morgan fingerprint density at radius 2 is 2.00 bits per heavy atom. The lowest BCUT2D eigenvalue weighted by atomic mass is 9.69. The molecule has 2 amide bonds. The second-order valence-corrected chi connectivity index (χ2v) is 16.8. The minimum Gasteiger partial charge on any atom is -0.495 e. The number of rotatable bonds is 5. The SMILES string of the molecule is COc1ccc2cc1N(C[C@]1(C)CCCc3cc(Cl)ccc31)C[C@@H]1CC[C@H]1[C@@H](O)/C=C/COC(C)(C)C(=O)N=S2(=O)NC(=O)c1cnn(C)c1. The zero-order valence-electron chi connectivity index (χ0n) is 29.2. The maximum absolute atomic E-state index is 15.0. The summed E-state index contributed by atoms with van der Waals surface area (Å²) >= 11 is 6.42. The van der Waals surface area contributed by atoms with Crippen LogP contribution >= 0.6 is 11.6 Å². The zero-order valence-corrected chi connectivity index (χ0v) is 30.8. The molecule has 5 atom stereocenters. The highest BCUT2D eigenvalue weighted by Crippen LogP contribution is 2.44. The first-order valence-electron chi connectivity index (χ1n) is 17.0. The molecule has 0 saturated heterocycles. The molecule has 6 rings (SSSR count). The van der Waals surface area contributed by atoms with Crippen molar-refractivity contribution < 1.29 is 28.4 Å². The van der Waals surface area contributed by atoms with Gasteiger partial charge in [-0.15, -0.1) is 4.36 Å². The molecule has 0 radical (unpaired) electrons. The van der Waals surface area contributed by atoms with Gasteiger partial charge in [0.1, 0.15) is 11.4 Å². The Kier molecular flexibility index (Phi) is 10.2. The number of nitrogens with zero attached hydrogens (tertiary/aromatic N) is 4. The lowest BCUT2D eigenvalue weighted by Crippen LogP contribution is -2.47. The first kappa shape index (κ1) is 36.1. The molecule has 1 aliphatic heterocycles. The maximum atomic E-state index is 15.0. The zero-order chi connectivity index (χ0) is 35.8. The Hall–Kier alpha value is -3.71. The number of aryl methyl sites for hydroxylation is 2. The summed E-state index contributed by atoms with van der Waals surface area (Å²) < 4.78 is 35.0. The van der Waals surface area contributed by atoms with Crippen LogP contribution in [0.15, 0.2) is 70.2 Å². The molecule has 1 saturated carbocycles. The molecule has 2 bridgehead atoms. The van der Waals surface area contributed by atoms with Gasteiger partial charge in [-0.25, -0.2) is 4.21 Å². The van der Waals surface area contributed by atoms with E-state index in [1.165, 1.54) is 42.0 Å². The predicted molar refractivity (Wildman–Crippen MR) is 193 cm³/mol. The first-order chi connectivity index (χ1) is 23.7. The monoisotopic (exact) mass is 723 g/mol. The van der Waals surface area contributed by atoms with Crippen LogP contribution in [0.2, 0.25) is 5.02 Å². The normalized spacial score (nSPS) is 28.7. The van der Waals surface area contributed by atoms with Crippen LogP contribution in [0.5, 0.6) is 5.75 Å². The van der Waals surface area contributed by atoms with Gasteiger partial charge in [-0.3, -0.25) is 19.0 Å². The van der Waals surface area contributed by atoms with Crippen molar-refractivity contribution >= 4 is 39.0 Å². The van der Waals surface area contributed by atoms with E-state index in [9.17, 15) is 14.7 Å². The van der Waals surface area contributed by atoms with Crippen molar-refractivity contribution in [1.82, 2.24) is 14.5 Å². The van der Waals surface area contributed by atoms with Crippen molar-refractivity contribution in [2.45, 2.75) is 74.9 Å². The number of aliphatic hydroxyl groups is 1. The predicted octanol–water partition coefficient (Wildman–Crippen LogP) is 5.63. The van der Waals surface area contributed by atoms with E-state index in [0.29, 0.717) is 29.5 Å². The summed E-state index contributed by atoms with van der Waals surface area (Å²) in [6.45, 7) is 6.56. The largest absolute Gasteiger partial charge is 0.495 e. The highest BCUT2D eigenvalue weighted by Gasteiger charge is 2.40. The number of ether oxygens (including phenoxy) is 2. The van der Waals surface area contributed by atoms with E-state index in [1.54, 1.807) is 44.5 Å². The Morgan fingerprint density at radius 3 is 2.70 bits per heavy atom. The number of aliphatic hydroxyl groups excluding tert-OH is 1. The van der Waals surface area contributed by atoms with Crippen LogP contribution in [0.25, 0.3) is 0 Å². The molecule has 3 aliphatic rings. The summed E-state index contributed by atoms with van der Waals surface area (Å²) in [5.41, 5.74) is 1.53. The third kappa shape index (κ3) is 7.35. The highest BCUT2D eigenvalue weighted by atomic mass is 35.5. The van der Waals surface area contributed by atoms with Crippen LogP contribution in [-0.4, -0.2) is 69.4 Å². The van der Waals surface area contributed by atoms with E-state index >= 15 is 4.21 Å². The molecule has 11 nitrogen and oxygen atoms in total. The third-order valence-corrected chi connectivity index (χ3v) is 12.4. The van der Waals surface area contributed by atoms with Crippen LogP contribution in [0.3, 0.4) is 0 Å². The van der Waals surface area contributed by atoms with Gasteiger partial charge < -0.3 is 19.5 Å². The molecule has 50 heavy (non-hydrogen) atoms. The number of amides is 2. The summed E-state index contributed by atoms with van der Waals surface area (Å²) in [6.07, 6.45) is 10.3.